The van der Waals surface area contributed by atoms with Crippen LogP contribution in [0.3, 0.4) is 0 Å². The standard InChI is InChI=1S/C14H21N3O2/c1-4-5-15-10-6-11(8-12(7-10)17(18)19)16-13-9-14(13,2)3/h6-8,13,15-16H,4-5,9H2,1-3H3. The van der Waals surface area contributed by atoms with E-state index >= 15 is 0 Å². The minimum absolute atomic E-state index is 0.127. The van der Waals surface area contributed by atoms with Gasteiger partial charge in [-0.05, 0) is 24.3 Å². The minimum Gasteiger partial charge on any atom is -0.385 e. The number of nitrogens with zero attached hydrogens (tertiary/aromatic N) is 1. The fourth-order valence-corrected chi connectivity index (χ4v) is 2.09. The van der Waals surface area contributed by atoms with Crippen LogP contribution in [0.25, 0.3) is 0 Å². The molecule has 0 heterocycles. The lowest BCUT2D eigenvalue weighted by molar-refractivity contribution is -0.384. The Morgan fingerprint density at radius 1 is 1.37 bits per heavy atom. The number of nitro groups is 1. The van der Waals surface area contributed by atoms with Crippen molar-refractivity contribution in [1.82, 2.24) is 0 Å². The maximum absolute atomic E-state index is 11.0. The molecule has 0 aromatic heterocycles. The van der Waals surface area contributed by atoms with Crippen molar-refractivity contribution in [3.05, 3.63) is 28.3 Å². The first-order valence-electron chi connectivity index (χ1n) is 6.72. The van der Waals surface area contributed by atoms with E-state index in [4.69, 9.17) is 0 Å². The fourth-order valence-electron chi connectivity index (χ4n) is 2.09. The molecule has 2 rings (SSSR count). The zero-order chi connectivity index (χ0) is 14.0. The zero-order valence-corrected chi connectivity index (χ0v) is 11.7. The Kier molecular flexibility index (Phi) is 3.64. The molecular formula is C14H21N3O2. The molecule has 0 bridgehead atoms. The molecule has 5 heteroatoms. The van der Waals surface area contributed by atoms with E-state index in [2.05, 4.69) is 31.4 Å². The van der Waals surface area contributed by atoms with Crippen molar-refractivity contribution in [2.45, 2.75) is 39.7 Å². The number of nitro benzene ring substituents is 1. The third-order valence-electron chi connectivity index (χ3n) is 3.56. The molecule has 1 aliphatic rings. The lowest BCUT2D eigenvalue weighted by atomic mass is 10.2. The Labute approximate surface area is 113 Å². The van der Waals surface area contributed by atoms with Crippen molar-refractivity contribution in [3.8, 4) is 0 Å². The maximum atomic E-state index is 11.0. The van der Waals surface area contributed by atoms with Gasteiger partial charge >= 0.3 is 0 Å². The van der Waals surface area contributed by atoms with Crippen LogP contribution in [0.2, 0.25) is 0 Å². The second-order valence-electron chi connectivity index (χ2n) is 5.84. The van der Waals surface area contributed by atoms with E-state index in [1.807, 2.05) is 6.07 Å². The average Bonchev–Trinajstić information content (AvgIpc) is 2.93. The number of benzene rings is 1. The topological polar surface area (TPSA) is 67.2 Å². The fraction of sp³-hybridized carbons (Fsp3) is 0.571. The molecule has 19 heavy (non-hydrogen) atoms. The molecule has 0 saturated heterocycles. The van der Waals surface area contributed by atoms with E-state index in [0.717, 1.165) is 30.8 Å². The SMILES string of the molecule is CCCNc1cc(NC2CC2(C)C)cc([N+](=O)[O-])c1. The highest BCUT2D eigenvalue weighted by Crippen LogP contribution is 2.46. The Morgan fingerprint density at radius 2 is 2.00 bits per heavy atom. The van der Waals surface area contributed by atoms with Gasteiger partial charge in [-0.3, -0.25) is 10.1 Å². The van der Waals surface area contributed by atoms with Gasteiger partial charge in [0.15, 0.2) is 0 Å². The summed E-state index contributed by atoms with van der Waals surface area (Å²) in [6.07, 6.45) is 2.09. The molecular weight excluding hydrogens is 242 g/mol. The predicted octanol–water partition coefficient (Wildman–Crippen LogP) is 3.63. The molecule has 5 nitrogen and oxygen atoms in total. The lowest BCUT2D eigenvalue weighted by Gasteiger charge is -2.11. The van der Waals surface area contributed by atoms with Crippen molar-refractivity contribution in [3.63, 3.8) is 0 Å². The number of anilines is 2. The van der Waals surface area contributed by atoms with Gasteiger partial charge in [0.25, 0.3) is 5.69 Å². The van der Waals surface area contributed by atoms with E-state index in [0.29, 0.717) is 11.5 Å². The van der Waals surface area contributed by atoms with Gasteiger partial charge in [-0.25, -0.2) is 0 Å². The summed E-state index contributed by atoms with van der Waals surface area (Å²) in [5.41, 5.74) is 2.05. The second kappa shape index (κ2) is 5.07. The van der Waals surface area contributed by atoms with Crippen LogP contribution in [0.1, 0.15) is 33.6 Å². The van der Waals surface area contributed by atoms with Crippen molar-refractivity contribution in [2.24, 2.45) is 5.41 Å². The summed E-state index contributed by atoms with van der Waals surface area (Å²) in [7, 11) is 0. The molecule has 0 radical (unpaired) electrons. The van der Waals surface area contributed by atoms with Gasteiger partial charge in [0.2, 0.25) is 0 Å². The Bertz CT molecular complexity index is 486. The van der Waals surface area contributed by atoms with E-state index in [9.17, 15) is 10.1 Å². The summed E-state index contributed by atoms with van der Waals surface area (Å²) in [5, 5.41) is 17.5. The van der Waals surface area contributed by atoms with Crippen LogP contribution in [0.15, 0.2) is 18.2 Å². The third kappa shape index (κ3) is 3.36. The van der Waals surface area contributed by atoms with Gasteiger partial charge in [0.1, 0.15) is 0 Å². The Morgan fingerprint density at radius 3 is 2.53 bits per heavy atom. The zero-order valence-electron chi connectivity index (χ0n) is 11.7. The summed E-state index contributed by atoms with van der Waals surface area (Å²) in [4.78, 5) is 10.6. The van der Waals surface area contributed by atoms with Gasteiger partial charge in [-0.2, -0.15) is 0 Å². The van der Waals surface area contributed by atoms with Gasteiger partial charge in [0.05, 0.1) is 4.92 Å². The van der Waals surface area contributed by atoms with Gasteiger partial charge in [-0.1, -0.05) is 20.8 Å². The highest BCUT2D eigenvalue weighted by molar-refractivity contribution is 5.64. The van der Waals surface area contributed by atoms with E-state index in [1.165, 1.54) is 0 Å². The van der Waals surface area contributed by atoms with E-state index in [1.54, 1.807) is 12.1 Å². The second-order valence-corrected chi connectivity index (χ2v) is 5.84. The van der Waals surface area contributed by atoms with Crippen molar-refractivity contribution in [2.75, 3.05) is 17.2 Å². The van der Waals surface area contributed by atoms with Crippen LogP contribution in [0, 0.1) is 15.5 Å². The van der Waals surface area contributed by atoms with Crippen LogP contribution in [-0.4, -0.2) is 17.5 Å². The minimum atomic E-state index is -0.347. The van der Waals surface area contributed by atoms with Crippen LogP contribution in [-0.2, 0) is 0 Å². The molecule has 1 atom stereocenters. The van der Waals surface area contributed by atoms with Crippen molar-refractivity contribution >= 4 is 17.1 Å². The smallest absolute Gasteiger partial charge is 0.273 e. The quantitative estimate of drug-likeness (QED) is 0.607. The first kappa shape index (κ1) is 13.6. The molecule has 0 amide bonds. The van der Waals surface area contributed by atoms with E-state index in [-0.39, 0.29) is 10.6 Å². The lowest BCUT2D eigenvalue weighted by Crippen LogP contribution is -2.09. The molecule has 1 aliphatic carbocycles. The molecule has 0 aliphatic heterocycles. The molecule has 104 valence electrons. The number of nitrogens with one attached hydrogen (secondary N) is 2. The van der Waals surface area contributed by atoms with Crippen LogP contribution in [0.5, 0.6) is 0 Å². The van der Waals surface area contributed by atoms with Crippen LogP contribution < -0.4 is 10.6 Å². The summed E-state index contributed by atoms with van der Waals surface area (Å²) in [6, 6.07) is 5.54. The van der Waals surface area contributed by atoms with Crippen LogP contribution >= 0.6 is 0 Å². The summed E-state index contributed by atoms with van der Waals surface area (Å²) in [6.45, 7) is 7.27. The number of hydrogen-bond donors (Lipinski definition) is 2. The molecule has 1 unspecified atom stereocenters. The van der Waals surface area contributed by atoms with Crippen LogP contribution in [0.4, 0.5) is 17.1 Å². The highest BCUT2D eigenvalue weighted by atomic mass is 16.6. The molecule has 0 spiro atoms. The molecule has 1 fully saturated rings. The summed E-state index contributed by atoms with van der Waals surface area (Å²) < 4.78 is 0. The van der Waals surface area contributed by atoms with Gasteiger partial charge in [-0.15, -0.1) is 0 Å². The number of non-ortho nitro benzene ring substituents is 1. The van der Waals surface area contributed by atoms with Crippen molar-refractivity contribution in [1.29, 1.82) is 0 Å². The molecule has 1 aromatic carbocycles. The first-order chi connectivity index (χ1) is 8.92. The number of rotatable bonds is 6. The van der Waals surface area contributed by atoms with Gasteiger partial charge < -0.3 is 10.6 Å². The van der Waals surface area contributed by atoms with Gasteiger partial charge in [0, 0.05) is 36.1 Å². The highest BCUT2D eigenvalue weighted by Gasteiger charge is 2.45. The summed E-state index contributed by atoms with van der Waals surface area (Å²) >= 11 is 0. The molecule has 2 N–H and O–H groups in total. The average molecular weight is 263 g/mol. The normalized spacial score (nSPS) is 19.8. The Balaban J connectivity index is 2.16. The Hall–Kier alpha value is -1.78. The van der Waals surface area contributed by atoms with E-state index < -0.39 is 0 Å². The monoisotopic (exact) mass is 263 g/mol. The largest absolute Gasteiger partial charge is 0.385 e. The first-order valence-corrected chi connectivity index (χ1v) is 6.72. The maximum Gasteiger partial charge on any atom is 0.273 e. The molecule has 1 saturated carbocycles. The third-order valence-corrected chi connectivity index (χ3v) is 3.56. The predicted molar refractivity (Wildman–Crippen MR) is 77.7 cm³/mol. The molecule has 1 aromatic rings. The number of hydrogen-bond acceptors (Lipinski definition) is 4. The summed E-state index contributed by atoms with van der Waals surface area (Å²) in [5.74, 6) is 0. The van der Waals surface area contributed by atoms with Crippen molar-refractivity contribution < 1.29 is 4.92 Å².